The van der Waals surface area contributed by atoms with E-state index in [1.54, 1.807) is 0 Å². The van der Waals surface area contributed by atoms with Crippen molar-refractivity contribution < 1.29 is 85.0 Å². The van der Waals surface area contributed by atoms with Crippen molar-refractivity contribution in [3.63, 3.8) is 0 Å². The molecule has 0 aromatic carbocycles. The highest BCUT2D eigenvalue weighted by molar-refractivity contribution is 5.72. The van der Waals surface area contributed by atoms with Gasteiger partial charge in [0.25, 0.3) is 0 Å². The number of carboxylic acids is 1. The van der Waals surface area contributed by atoms with Crippen molar-refractivity contribution in [1.82, 2.24) is 0 Å². The molecule has 17 heteroatoms. The predicted octanol–water partition coefficient (Wildman–Crippen LogP) is -7.84. The average molecular weight is 520 g/mol. The molecule has 2 saturated heterocycles. The van der Waals surface area contributed by atoms with Crippen LogP contribution in [0.15, 0.2) is 0 Å². The summed E-state index contributed by atoms with van der Waals surface area (Å²) in [5.74, 6) is -1.92. The van der Waals surface area contributed by atoms with Crippen LogP contribution in [0.2, 0.25) is 0 Å². The van der Waals surface area contributed by atoms with E-state index in [2.05, 4.69) is 0 Å². The van der Waals surface area contributed by atoms with Crippen LogP contribution < -0.4 is 0 Å². The lowest BCUT2D eigenvalue weighted by Gasteiger charge is -2.46. The minimum atomic E-state index is -2.51. The van der Waals surface area contributed by atoms with Gasteiger partial charge in [-0.2, -0.15) is 0 Å². The summed E-state index contributed by atoms with van der Waals surface area (Å²) in [6, 6.07) is 0. The number of hydrogen-bond donors (Lipinski definition) is 12. The second kappa shape index (κ2) is 12.9. The summed E-state index contributed by atoms with van der Waals surface area (Å²) in [6.07, 6.45) is -27.1. The summed E-state index contributed by atoms with van der Waals surface area (Å²) in [4.78, 5) is 11.2. The molecule has 2 heterocycles. The number of aliphatic hydroxyl groups is 11. The van der Waals surface area contributed by atoms with Gasteiger partial charge in [0.05, 0.1) is 19.8 Å². The number of aliphatic carboxylic acids is 1. The molecule has 0 spiro atoms. The van der Waals surface area contributed by atoms with E-state index < -0.39 is 112 Å². The number of carboxylic acid groups (broad SMARTS) is 1. The predicted molar refractivity (Wildman–Crippen MR) is 104 cm³/mol. The monoisotopic (exact) mass is 520 g/mol. The molecule has 2 aliphatic heterocycles. The number of rotatable bonds is 11. The number of carbonyl (C=O) groups is 1. The zero-order chi connectivity index (χ0) is 26.6. The van der Waals surface area contributed by atoms with Gasteiger partial charge in [-0.1, -0.05) is 0 Å². The van der Waals surface area contributed by atoms with Crippen LogP contribution in [0.5, 0.6) is 0 Å². The fourth-order valence-electron chi connectivity index (χ4n) is 3.63. The molecule has 0 aromatic heterocycles. The molecule has 0 aromatic rings. The fraction of sp³-hybridized carbons (Fsp3) is 0.944. The van der Waals surface area contributed by atoms with Crippen molar-refractivity contribution >= 4 is 5.97 Å². The third kappa shape index (κ3) is 6.60. The Kier molecular flexibility index (Phi) is 11.1. The second-order valence-corrected chi connectivity index (χ2v) is 8.13. The zero-order valence-corrected chi connectivity index (χ0v) is 18.1. The summed E-state index contributed by atoms with van der Waals surface area (Å²) in [7, 11) is 0. The van der Waals surface area contributed by atoms with E-state index in [0.717, 1.165) is 0 Å². The van der Waals surface area contributed by atoms with Gasteiger partial charge in [-0.25, -0.2) is 4.79 Å². The van der Waals surface area contributed by atoms with Crippen LogP contribution in [0.3, 0.4) is 0 Å². The van der Waals surface area contributed by atoms with E-state index in [1.165, 1.54) is 0 Å². The Labute approximate surface area is 197 Å². The summed E-state index contributed by atoms with van der Waals surface area (Å²) >= 11 is 0. The van der Waals surface area contributed by atoms with Gasteiger partial charge in [-0.05, 0) is 0 Å². The molecule has 206 valence electrons. The largest absolute Gasteiger partial charge is 0.479 e. The van der Waals surface area contributed by atoms with Crippen molar-refractivity contribution in [2.24, 2.45) is 0 Å². The summed E-state index contributed by atoms with van der Waals surface area (Å²) in [6.45, 7) is -2.80. The Hall–Kier alpha value is -1.13. The highest BCUT2D eigenvalue weighted by Crippen LogP contribution is 2.30. The van der Waals surface area contributed by atoms with Crippen LogP contribution in [0, 0.1) is 0 Å². The molecular formula is C18H32O17. The maximum Gasteiger partial charge on any atom is 0.335 e. The Morgan fingerprint density at radius 3 is 1.83 bits per heavy atom. The van der Waals surface area contributed by atoms with Gasteiger partial charge < -0.3 is 80.2 Å². The minimum absolute atomic E-state index is 0.811. The topological polar surface area (TPSA) is 297 Å². The van der Waals surface area contributed by atoms with Crippen LogP contribution in [0.1, 0.15) is 0 Å². The van der Waals surface area contributed by atoms with Gasteiger partial charge >= 0.3 is 5.97 Å². The molecule has 2 aliphatic rings. The lowest BCUT2D eigenvalue weighted by atomic mass is 9.96. The lowest BCUT2D eigenvalue weighted by molar-refractivity contribution is -0.368. The number of ether oxygens (including phenoxy) is 4. The summed E-state index contributed by atoms with van der Waals surface area (Å²) < 4.78 is 20.8. The van der Waals surface area contributed by atoms with Gasteiger partial charge in [0.15, 0.2) is 18.7 Å². The Morgan fingerprint density at radius 2 is 1.31 bits per heavy atom. The van der Waals surface area contributed by atoms with Gasteiger partial charge in [-0.3, -0.25) is 0 Å². The maximum absolute atomic E-state index is 11.2. The summed E-state index contributed by atoms with van der Waals surface area (Å²) in [5.41, 5.74) is 0. The first-order valence-corrected chi connectivity index (χ1v) is 10.5. The SMILES string of the molecule is O=C(O)[C@H](O)[C@@H](O[C@@H]1O[C@H](CO)[C@@H](O)[C@H](O[C@@H]2O[C@H](CO)[C@@H](O)[C@H](O)[C@H]2O)[C@H]1O)[C@H](O)[C@H](O)CO. The normalized spacial score (nSPS) is 41.7. The van der Waals surface area contributed by atoms with E-state index in [0.29, 0.717) is 0 Å². The Morgan fingerprint density at radius 1 is 0.771 bits per heavy atom. The molecule has 0 amide bonds. The van der Waals surface area contributed by atoms with Crippen LogP contribution in [0.25, 0.3) is 0 Å². The average Bonchev–Trinajstić information content (AvgIpc) is 2.84. The molecule has 0 aliphatic carbocycles. The van der Waals surface area contributed by atoms with Gasteiger partial charge in [0, 0.05) is 0 Å². The first-order valence-electron chi connectivity index (χ1n) is 10.5. The summed E-state index contributed by atoms with van der Waals surface area (Å²) in [5, 5.41) is 118. The molecule has 0 radical (unpaired) electrons. The molecule has 0 bridgehead atoms. The lowest BCUT2D eigenvalue weighted by Crippen LogP contribution is -2.65. The first kappa shape index (κ1) is 30.1. The van der Waals surface area contributed by atoms with E-state index in [-0.39, 0.29) is 0 Å². The van der Waals surface area contributed by atoms with E-state index in [4.69, 9.17) is 29.2 Å². The Balaban J connectivity index is 2.28. The van der Waals surface area contributed by atoms with Crippen molar-refractivity contribution in [2.75, 3.05) is 19.8 Å². The third-order valence-corrected chi connectivity index (χ3v) is 5.73. The van der Waals surface area contributed by atoms with E-state index in [9.17, 15) is 55.9 Å². The van der Waals surface area contributed by atoms with Crippen LogP contribution in [-0.4, -0.2) is 173 Å². The number of hydrogen-bond acceptors (Lipinski definition) is 16. The van der Waals surface area contributed by atoms with Gasteiger partial charge in [-0.15, -0.1) is 0 Å². The zero-order valence-electron chi connectivity index (χ0n) is 18.1. The second-order valence-electron chi connectivity index (χ2n) is 8.13. The van der Waals surface area contributed by atoms with Crippen molar-refractivity contribution in [2.45, 2.75) is 85.8 Å². The first-order chi connectivity index (χ1) is 16.4. The molecule has 12 N–H and O–H groups in total. The highest BCUT2D eigenvalue weighted by atomic mass is 16.7. The molecule has 2 rings (SSSR count). The molecule has 2 fully saturated rings. The Bertz CT molecular complexity index is 665. The highest BCUT2D eigenvalue weighted by Gasteiger charge is 2.52. The van der Waals surface area contributed by atoms with Gasteiger partial charge in [0.1, 0.15) is 67.1 Å². The molecule has 0 unspecified atom stereocenters. The standard InChI is InChI=1S/C18H32O17/c19-1-4(22)7(23)14(12(28)16(30)31)34-18-13(29)15(9(25)6(3-21)33-18)35-17-11(27)10(26)8(24)5(2-20)32-17/h4-15,17-29H,1-3H2,(H,30,31)/t4-,5-,6-,7-,8-,9-,10+,11-,12-,13-,14+,15+,17+,18+/m1/s1. The molecular weight excluding hydrogens is 488 g/mol. The van der Waals surface area contributed by atoms with Crippen LogP contribution >= 0.6 is 0 Å². The molecule has 0 saturated carbocycles. The van der Waals surface area contributed by atoms with E-state index in [1.807, 2.05) is 0 Å². The van der Waals surface area contributed by atoms with Crippen LogP contribution in [-0.2, 0) is 23.7 Å². The fourth-order valence-corrected chi connectivity index (χ4v) is 3.63. The third-order valence-electron chi connectivity index (χ3n) is 5.73. The molecule has 17 nitrogen and oxygen atoms in total. The maximum atomic E-state index is 11.2. The van der Waals surface area contributed by atoms with Crippen molar-refractivity contribution in [3.8, 4) is 0 Å². The smallest absolute Gasteiger partial charge is 0.335 e. The van der Waals surface area contributed by atoms with E-state index >= 15 is 0 Å². The molecule has 35 heavy (non-hydrogen) atoms. The van der Waals surface area contributed by atoms with Crippen molar-refractivity contribution in [1.29, 1.82) is 0 Å². The number of aliphatic hydroxyl groups excluding tert-OH is 11. The van der Waals surface area contributed by atoms with Crippen molar-refractivity contribution in [3.05, 3.63) is 0 Å². The minimum Gasteiger partial charge on any atom is -0.479 e. The molecule has 14 atom stereocenters. The quantitative estimate of drug-likeness (QED) is 0.120. The van der Waals surface area contributed by atoms with Crippen LogP contribution in [0.4, 0.5) is 0 Å². The van der Waals surface area contributed by atoms with Gasteiger partial charge in [0.2, 0.25) is 0 Å².